The third-order valence-corrected chi connectivity index (χ3v) is 8.52. The largest absolute Gasteiger partial charge is 0.379 e. The van der Waals surface area contributed by atoms with Gasteiger partial charge in [-0.25, -0.2) is 4.39 Å². The van der Waals surface area contributed by atoms with Crippen molar-refractivity contribution in [2.75, 3.05) is 51.4 Å². The van der Waals surface area contributed by atoms with Crippen molar-refractivity contribution in [1.82, 2.24) is 10.2 Å². The molecule has 2 aromatic rings. The van der Waals surface area contributed by atoms with Crippen molar-refractivity contribution in [2.24, 2.45) is 5.41 Å². The zero-order valence-corrected chi connectivity index (χ0v) is 23.7. The lowest BCUT2D eigenvalue weighted by molar-refractivity contribution is -0.122. The van der Waals surface area contributed by atoms with Gasteiger partial charge >= 0.3 is 0 Å². The van der Waals surface area contributed by atoms with E-state index < -0.39 is 17.2 Å². The minimum Gasteiger partial charge on any atom is -0.379 e. The lowest BCUT2D eigenvalue weighted by Gasteiger charge is -2.38. The zero-order valence-electron chi connectivity index (χ0n) is 22.2. The molecule has 3 aliphatic heterocycles. The smallest absolute Gasteiger partial charge is 0.237 e. The number of benzene rings is 2. The monoisotopic (exact) mass is 563 g/mol. The van der Waals surface area contributed by atoms with Gasteiger partial charge in [0.25, 0.3) is 0 Å². The van der Waals surface area contributed by atoms with Gasteiger partial charge in [-0.15, -0.1) is 0 Å². The average molecular weight is 565 g/mol. The van der Waals surface area contributed by atoms with Crippen molar-refractivity contribution in [1.29, 1.82) is 0 Å². The Kier molecular flexibility index (Phi) is 8.07. The van der Waals surface area contributed by atoms with Gasteiger partial charge in [-0.3, -0.25) is 9.69 Å². The molecule has 9 heteroatoms. The second-order valence-corrected chi connectivity index (χ2v) is 12.6. The van der Waals surface area contributed by atoms with Crippen molar-refractivity contribution in [2.45, 2.75) is 50.6 Å². The van der Waals surface area contributed by atoms with Crippen LogP contribution in [-0.2, 0) is 19.7 Å². The van der Waals surface area contributed by atoms with Crippen LogP contribution in [0.3, 0.4) is 0 Å². The fourth-order valence-electron chi connectivity index (χ4n) is 6.43. The average Bonchev–Trinajstić information content (AvgIpc) is 3.32. The van der Waals surface area contributed by atoms with Gasteiger partial charge in [-0.1, -0.05) is 62.2 Å². The predicted molar refractivity (Wildman–Crippen MR) is 149 cm³/mol. The fourth-order valence-corrected chi connectivity index (χ4v) is 6.79. The number of hydrogen-bond donors (Lipinski definition) is 2. The quantitative estimate of drug-likeness (QED) is 0.451. The van der Waals surface area contributed by atoms with E-state index in [-0.39, 0.29) is 28.4 Å². The molecule has 0 aliphatic carbocycles. The van der Waals surface area contributed by atoms with Gasteiger partial charge in [-0.2, -0.15) is 0 Å². The number of nitrogens with one attached hydrogen (secondary N) is 2. The van der Waals surface area contributed by atoms with Crippen LogP contribution in [0.5, 0.6) is 0 Å². The minimum atomic E-state index is -1.06. The first-order valence-electron chi connectivity index (χ1n) is 13.3. The Bertz CT molecular complexity index is 1180. The van der Waals surface area contributed by atoms with Gasteiger partial charge in [0.15, 0.2) is 0 Å². The number of nitrogens with zero attached hydrogens (tertiary/aromatic N) is 1. The van der Waals surface area contributed by atoms with Gasteiger partial charge in [0.2, 0.25) is 5.91 Å². The van der Waals surface area contributed by atoms with Crippen molar-refractivity contribution < 1.29 is 18.7 Å². The molecule has 2 saturated heterocycles. The summed E-state index contributed by atoms with van der Waals surface area (Å²) in [6.45, 7) is 11.4. The van der Waals surface area contributed by atoms with Crippen molar-refractivity contribution in [3.63, 3.8) is 0 Å². The number of halogens is 3. The van der Waals surface area contributed by atoms with E-state index >= 15 is 4.39 Å². The molecule has 2 N–H and O–H groups in total. The minimum absolute atomic E-state index is 0.0404. The standard InChI is InChI=1S/C29H36Cl2FN3O3/c1-28(2,3)16-24-29(20-8-7-18(30)15-22(20)34-27(29)36)25(19-5-4-6-21(31)26(19)32)23(33-24)17-38-14-11-35-9-12-37-13-10-35/h4-8,15,23-25,33H,9-14,16-17H2,1-3H3,(H,34,36). The van der Waals surface area contributed by atoms with Gasteiger partial charge in [0.1, 0.15) is 11.2 Å². The lowest BCUT2D eigenvalue weighted by atomic mass is 9.62. The Balaban J connectivity index is 1.54. The maximum absolute atomic E-state index is 15.8. The SMILES string of the molecule is CC(C)(C)CC1NC(COCCN2CCOCC2)C(c2cccc(Cl)c2F)C12C(=O)Nc1cc(Cl)ccc12. The number of hydrogen-bond acceptors (Lipinski definition) is 5. The summed E-state index contributed by atoms with van der Waals surface area (Å²) < 4.78 is 27.4. The Morgan fingerprint density at radius 3 is 2.68 bits per heavy atom. The number of rotatable bonds is 7. The molecule has 0 radical (unpaired) electrons. The van der Waals surface area contributed by atoms with E-state index in [1.807, 2.05) is 6.07 Å². The Morgan fingerprint density at radius 2 is 1.95 bits per heavy atom. The highest BCUT2D eigenvalue weighted by Crippen LogP contribution is 2.57. The first-order valence-corrected chi connectivity index (χ1v) is 14.1. The number of anilines is 1. The third kappa shape index (κ3) is 5.21. The van der Waals surface area contributed by atoms with Crippen LogP contribution in [0.1, 0.15) is 44.2 Å². The van der Waals surface area contributed by atoms with Gasteiger partial charge < -0.3 is 20.1 Å². The summed E-state index contributed by atoms with van der Waals surface area (Å²) in [4.78, 5) is 16.4. The van der Waals surface area contributed by atoms with E-state index in [1.165, 1.54) is 0 Å². The molecule has 206 valence electrons. The predicted octanol–water partition coefficient (Wildman–Crippen LogP) is 5.23. The van der Waals surface area contributed by atoms with Crippen molar-refractivity contribution in [3.05, 3.63) is 63.4 Å². The maximum Gasteiger partial charge on any atom is 0.237 e. The summed E-state index contributed by atoms with van der Waals surface area (Å²) in [5.41, 5.74) is 0.764. The lowest BCUT2D eigenvalue weighted by Crippen LogP contribution is -2.49. The molecule has 3 aliphatic rings. The molecular formula is C29H36Cl2FN3O3. The Morgan fingerprint density at radius 1 is 1.18 bits per heavy atom. The number of ether oxygens (including phenoxy) is 2. The molecule has 2 aromatic carbocycles. The number of carbonyl (C=O) groups excluding carboxylic acids is 1. The van der Waals surface area contributed by atoms with E-state index in [1.54, 1.807) is 30.3 Å². The highest BCUT2D eigenvalue weighted by molar-refractivity contribution is 6.31. The number of morpholine rings is 1. The normalized spacial score (nSPS) is 27.6. The summed E-state index contributed by atoms with van der Waals surface area (Å²) in [6, 6.07) is 9.94. The van der Waals surface area contributed by atoms with Gasteiger partial charge in [-0.05, 0) is 41.2 Å². The summed E-state index contributed by atoms with van der Waals surface area (Å²) in [5.74, 6) is -1.19. The number of carbonyl (C=O) groups is 1. The van der Waals surface area contributed by atoms with Crippen LogP contribution < -0.4 is 10.6 Å². The molecule has 0 saturated carbocycles. The fraction of sp³-hybridized carbons (Fsp3) is 0.552. The van der Waals surface area contributed by atoms with Gasteiger partial charge in [0.05, 0.1) is 31.5 Å². The van der Waals surface area contributed by atoms with Crippen LogP contribution in [-0.4, -0.2) is 69.0 Å². The summed E-state index contributed by atoms with van der Waals surface area (Å²) in [7, 11) is 0. The molecule has 2 fully saturated rings. The molecule has 3 heterocycles. The van der Waals surface area contributed by atoms with Crippen LogP contribution in [0.25, 0.3) is 0 Å². The Labute approximate surface area is 234 Å². The highest BCUT2D eigenvalue weighted by Gasteiger charge is 2.64. The summed E-state index contributed by atoms with van der Waals surface area (Å²) >= 11 is 12.6. The first-order chi connectivity index (χ1) is 18.1. The van der Waals surface area contributed by atoms with Gasteiger partial charge in [0, 0.05) is 48.3 Å². The van der Waals surface area contributed by atoms with E-state index in [4.69, 9.17) is 32.7 Å². The molecule has 0 aromatic heterocycles. The van der Waals surface area contributed by atoms with Crippen LogP contribution >= 0.6 is 23.2 Å². The van der Waals surface area contributed by atoms with Crippen LogP contribution in [0.15, 0.2) is 36.4 Å². The van der Waals surface area contributed by atoms with Crippen LogP contribution in [0.4, 0.5) is 10.1 Å². The molecule has 4 unspecified atom stereocenters. The van der Waals surface area contributed by atoms with E-state index in [0.29, 0.717) is 35.9 Å². The first kappa shape index (κ1) is 27.8. The number of fused-ring (bicyclic) bond motifs is 2. The molecule has 4 atom stereocenters. The van der Waals surface area contributed by atoms with Crippen LogP contribution in [0, 0.1) is 11.2 Å². The molecule has 6 nitrogen and oxygen atoms in total. The second kappa shape index (κ2) is 11.0. The van der Waals surface area contributed by atoms with E-state index in [0.717, 1.165) is 38.4 Å². The zero-order chi connectivity index (χ0) is 27.1. The molecular weight excluding hydrogens is 528 g/mol. The summed E-state index contributed by atoms with van der Waals surface area (Å²) in [5, 5.41) is 7.39. The molecule has 5 rings (SSSR count). The number of amides is 1. The van der Waals surface area contributed by atoms with Crippen molar-refractivity contribution >= 4 is 34.8 Å². The third-order valence-electron chi connectivity index (χ3n) is 8.00. The molecule has 1 spiro atoms. The van der Waals surface area contributed by atoms with Crippen LogP contribution in [0.2, 0.25) is 10.0 Å². The molecule has 1 amide bonds. The maximum atomic E-state index is 15.8. The topological polar surface area (TPSA) is 62.8 Å². The highest BCUT2D eigenvalue weighted by atomic mass is 35.5. The second-order valence-electron chi connectivity index (χ2n) is 11.8. The molecule has 0 bridgehead atoms. The summed E-state index contributed by atoms with van der Waals surface area (Å²) in [6.07, 6.45) is 0.700. The van der Waals surface area contributed by atoms with E-state index in [9.17, 15) is 4.79 Å². The van der Waals surface area contributed by atoms with Crippen molar-refractivity contribution in [3.8, 4) is 0 Å². The Hall–Kier alpha value is -1.74. The van der Waals surface area contributed by atoms with E-state index in [2.05, 4.69) is 36.3 Å². The molecule has 38 heavy (non-hydrogen) atoms.